The minimum Gasteiger partial charge on any atom is -0.456 e. The van der Waals surface area contributed by atoms with Crippen molar-refractivity contribution in [3.63, 3.8) is 0 Å². The molecule has 2 aromatic heterocycles. The van der Waals surface area contributed by atoms with Gasteiger partial charge in [-0.25, -0.2) is 4.98 Å². The SMILES string of the molecule is Nc1nc(Cl)c(-c2cc3cc(C(F)(F)F)ccc3o2)c(NC2CC(CO)C(O)C2O)n1. The maximum absolute atomic E-state index is 13.0. The van der Waals surface area contributed by atoms with Gasteiger partial charge in [-0.15, -0.1) is 0 Å². The van der Waals surface area contributed by atoms with Crippen LogP contribution in [0.3, 0.4) is 0 Å². The van der Waals surface area contributed by atoms with Crippen molar-refractivity contribution in [1.82, 2.24) is 9.97 Å². The van der Waals surface area contributed by atoms with Gasteiger partial charge in [0.15, 0.2) is 0 Å². The normalized spacial score (nSPS) is 24.1. The number of benzene rings is 1. The van der Waals surface area contributed by atoms with Gasteiger partial charge in [-0.05, 0) is 30.7 Å². The quantitative estimate of drug-likeness (QED) is 0.376. The summed E-state index contributed by atoms with van der Waals surface area (Å²) in [6.07, 6.45) is -6.63. The predicted octanol–water partition coefficient (Wildman–Crippen LogP) is 2.66. The number of nitrogens with zero attached hydrogens (tertiary/aromatic N) is 2. The van der Waals surface area contributed by atoms with E-state index >= 15 is 0 Å². The molecule has 0 amide bonds. The van der Waals surface area contributed by atoms with Crippen LogP contribution in [-0.2, 0) is 6.18 Å². The van der Waals surface area contributed by atoms with Crippen molar-refractivity contribution in [1.29, 1.82) is 0 Å². The first-order chi connectivity index (χ1) is 14.6. The highest BCUT2D eigenvalue weighted by Gasteiger charge is 2.41. The highest BCUT2D eigenvalue weighted by molar-refractivity contribution is 6.32. The topological polar surface area (TPSA) is 138 Å². The molecule has 2 heterocycles. The number of alkyl halides is 3. The van der Waals surface area contributed by atoms with Gasteiger partial charge >= 0.3 is 6.18 Å². The van der Waals surface area contributed by atoms with E-state index in [0.29, 0.717) is 0 Å². The Kier molecular flexibility index (Phi) is 5.46. The first kappa shape index (κ1) is 21.6. The second kappa shape index (κ2) is 7.83. The van der Waals surface area contributed by atoms with E-state index in [1.807, 2.05) is 0 Å². The molecule has 31 heavy (non-hydrogen) atoms. The number of nitrogens with one attached hydrogen (secondary N) is 1. The zero-order valence-electron chi connectivity index (χ0n) is 15.8. The molecule has 166 valence electrons. The molecule has 1 saturated carbocycles. The average molecular weight is 459 g/mol. The van der Waals surface area contributed by atoms with Gasteiger partial charge in [0.05, 0.1) is 23.3 Å². The number of rotatable bonds is 4. The second-order valence-electron chi connectivity index (χ2n) is 7.37. The Bertz CT molecular complexity index is 1120. The van der Waals surface area contributed by atoms with Crippen LogP contribution in [0.4, 0.5) is 24.9 Å². The Hall–Kier alpha value is -2.60. The largest absolute Gasteiger partial charge is 0.456 e. The summed E-state index contributed by atoms with van der Waals surface area (Å²) in [6, 6.07) is 3.72. The molecule has 0 bridgehead atoms. The molecule has 3 aromatic rings. The lowest BCUT2D eigenvalue weighted by molar-refractivity contribution is -0.137. The molecule has 6 N–H and O–H groups in total. The van der Waals surface area contributed by atoms with Crippen LogP contribution in [0, 0.1) is 5.92 Å². The minimum absolute atomic E-state index is 0.0717. The third kappa shape index (κ3) is 4.01. The smallest absolute Gasteiger partial charge is 0.416 e. The van der Waals surface area contributed by atoms with E-state index in [2.05, 4.69) is 15.3 Å². The van der Waals surface area contributed by atoms with Crippen LogP contribution < -0.4 is 11.1 Å². The molecule has 1 aliphatic carbocycles. The average Bonchev–Trinajstić information content (AvgIpc) is 3.22. The number of anilines is 2. The van der Waals surface area contributed by atoms with Gasteiger partial charge in [0.1, 0.15) is 28.4 Å². The molecule has 4 unspecified atom stereocenters. The minimum atomic E-state index is -4.51. The van der Waals surface area contributed by atoms with E-state index in [4.69, 9.17) is 21.8 Å². The van der Waals surface area contributed by atoms with Gasteiger partial charge < -0.3 is 30.8 Å². The third-order valence-corrected chi connectivity index (χ3v) is 5.60. The molecule has 4 atom stereocenters. The summed E-state index contributed by atoms with van der Waals surface area (Å²) in [5, 5.41) is 32.7. The number of aliphatic hydroxyl groups excluding tert-OH is 3. The van der Waals surface area contributed by atoms with Gasteiger partial charge in [-0.1, -0.05) is 11.6 Å². The van der Waals surface area contributed by atoms with Gasteiger partial charge in [0.25, 0.3) is 0 Å². The molecule has 12 heteroatoms. The van der Waals surface area contributed by atoms with E-state index in [1.165, 1.54) is 12.1 Å². The lowest BCUT2D eigenvalue weighted by Crippen LogP contribution is -2.35. The fraction of sp³-hybridized carbons (Fsp3) is 0.368. The van der Waals surface area contributed by atoms with Crippen molar-refractivity contribution >= 4 is 34.3 Å². The van der Waals surface area contributed by atoms with Crippen LogP contribution in [0.5, 0.6) is 0 Å². The predicted molar refractivity (Wildman–Crippen MR) is 106 cm³/mol. The zero-order chi connectivity index (χ0) is 22.5. The molecule has 8 nitrogen and oxygen atoms in total. The number of nitrogens with two attached hydrogens (primary N) is 1. The Morgan fingerprint density at radius 1 is 1.19 bits per heavy atom. The number of furan rings is 1. The van der Waals surface area contributed by atoms with Crippen molar-refractivity contribution in [2.24, 2.45) is 5.92 Å². The summed E-state index contributed by atoms with van der Waals surface area (Å²) < 4.78 is 44.7. The Balaban J connectivity index is 1.75. The summed E-state index contributed by atoms with van der Waals surface area (Å²) in [7, 11) is 0. The number of hydrogen-bond acceptors (Lipinski definition) is 8. The molecular weight excluding hydrogens is 441 g/mol. The molecule has 0 aliphatic heterocycles. The standard InChI is InChI=1S/C19H18ClF3N4O4/c20-16-13(12-5-7-3-9(19(21,22)23)1-2-11(7)31-12)17(27-18(24)26-16)25-10-4-8(6-28)14(29)15(10)30/h1-3,5,8,10,14-15,28-30H,4,6H2,(H3,24,25,26,27). The summed E-state index contributed by atoms with van der Waals surface area (Å²) >= 11 is 6.24. The number of nitrogen functional groups attached to an aromatic ring is 1. The van der Waals surface area contributed by atoms with Crippen molar-refractivity contribution in [2.75, 3.05) is 17.7 Å². The maximum atomic E-state index is 13.0. The monoisotopic (exact) mass is 458 g/mol. The Morgan fingerprint density at radius 2 is 1.94 bits per heavy atom. The molecule has 0 radical (unpaired) electrons. The van der Waals surface area contributed by atoms with Crippen LogP contribution in [0.2, 0.25) is 5.15 Å². The van der Waals surface area contributed by atoms with Crippen molar-refractivity contribution in [3.05, 3.63) is 35.0 Å². The number of halogens is 4. The molecule has 1 aliphatic rings. The van der Waals surface area contributed by atoms with Crippen LogP contribution in [0.15, 0.2) is 28.7 Å². The molecule has 1 aromatic carbocycles. The molecule has 0 saturated heterocycles. The molecule has 0 spiro atoms. The van der Waals surface area contributed by atoms with Crippen LogP contribution in [0.1, 0.15) is 12.0 Å². The maximum Gasteiger partial charge on any atom is 0.416 e. The lowest BCUT2D eigenvalue weighted by atomic mass is 10.1. The number of aliphatic hydroxyl groups is 3. The molecule has 1 fully saturated rings. The number of hydrogen-bond donors (Lipinski definition) is 5. The first-order valence-electron chi connectivity index (χ1n) is 9.26. The summed E-state index contributed by atoms with van der Waals surface area (Å²) in [4.78, 5) is 7.96. The third-order valence-electron chi connectivity index (χ3n) is 5.33. The van der Waals surface area contributed by atoms with Gasteiger partial charge in [-0.2, -0.15) is 18.2 Å². The van der Waals surface area contributed by atoms with Gasteiger partial charge in [-0.3, -0.25) is 0 Å². The summed E-state index contributed by atoms with van der Waals surface area (Å²) in [6.45, 7) is -0.318. The number of fused-ring (bicyclic) bond motifs is 1. The van der Waals surface area contributed by atoms with Crippen LogP contribution in [0.25, 0.3) is 22.3 Å². The van der Waals surface area contributed by atoms with Gasteiger partial charge in [0.2, 0.25) is 5.95 Å². The van der Waals surface area contributed by atoms with Crippen LogP contribution >= 0.6 is 11.6 Å². The van der Waals surface area contributed by atoms with E-state index in [0.717, 1.165) is 12.1 Å². The van der Waals surface area contributed by atoms with E-state index in [9.17, 15) is 28.5 Å². The van der Waals surface area contributed by atoms with Crippen molar-refractivity contribution in [3.8, 4) is 11.3 Å². The Labute approximate surface area is 178 Å². The second-order valence-corrected chi connectivity index (χ2v) is 7.73. The summed E-state index contributed by atoms with van der Waals surface area (Å²) in [5.41, 5.74) is 5.18. The van der Waals surface area contributed by atoms with Crippen molar-refractivity contribution < 1.29 is 32.9 Å². The molecule has 4 rings (SSSR count). The molecular formula is C19H18ClF3N4O4. The van der Waals surface area contributed by atoms with E-state index in [-0.39, 0.29) is 52.2 Å². The highest BCUT2D eigenvalue weighted by Crippen LogP contribution is 2.40. The first-order valence-corrected chi connectivity index (χ1v) is 9.64. The number of aromatic nitrogens is 2. The van der Waals surface area contributed by atoms with Crippen LogP contribution in [-0.4, -0.2) is 50.1 Å². The fourth-order valence-electron chi connectivity index (χ4n) is 3.74. The Morgan fingerprint density at radius 3 is 2.58 bits per heavy atom. The van der Waals surface area contributed by atoms with Crippen molar-refractivity contribution in [2.45, 2.75) is 30.8 Å². The van der Waals surface area contributed by atoms with E-state index in [1.54, 1.807) is 0 Å². The highest BCUT2D eigenvalue weighted by atomic mass is 35.5. The van der Waals surface area contributed by atoms with Gasteiger partial charge in [0, 0.05) is 17.9 Å². The van der Waals surface area contributed by atoms with E-state index < -0.39 is 35.9 Å². The summed E-state index contributed by atoms with van der Waals surface area (Å²) in [5.74, 6) is -0.563. The fourth-order valence-corrected chi connectivity index (χ4v) is 4.01. The zero-order valence-corrected chi connectivity index (χ0v) is 16.5. The lowest BCUT2D eigenvalue weighted by Gasteiger charge is -2.20.